The Labute approximate surface area is 167 Å². The first-order valence-corrected chi connectivity index (χ1v) is 9.05. The summed E-state index contributed by atoms with van der Waals surface area (Å²) >= 11 is 6.13. The number of carbonyl (C=O) groups excluding carboxylic acids is 2. The van der Waals surface area contributed by atoms with Crippen molar-refractivity contribution in [2.24, 2.45) is 0 Å². The third-order valence-electron chi connectivity index (χ3n) is 4.45. The minimum absolute atomic E-state index is 0.187. The lowest BCUT2D eigenvalue weighted by Crippen LogP contribution is -2.52. The molecule has 1 saturated heterocycles. The third-order valence-corrected chi connectivity index (χ3v) is 4.82. The maximum absolute atomic E-state index is 12.8. The van der Waals surface area contributed by atoms with Crippen LogP contribution in [0.1, 0.15) is 17.2 Å². The molecule has 0 bridgehead atoms. The van der Waals surface area contributed by atoms with E-state index in [1.54, 1.807) is 24.3 Å². The molecule has 2 aromatic carbocycles. The molecule has 7 nitrogen and oxygen atoms in total. The molecular formula is C20H21ClN2O5. The van der Waals surface area contributed by atoms with Gasteiger partial charge >= 0.3 is 0 Å². The Morgan fingerprint density at radius 3 is 2.68 bits per heavy atom. The molecule has 3 rings (SSSR count). The van der Waals surface area contributed by atoms with Crippen molar-refractivity contribution in [1.82, 2.24) is 10.6 Å². The monoisotopic (exact) mass is 404 g/mol. The summed E-state index contributed by atoms with van der Waals surface area (Å²) in [6.45, 7) is 0.0684. The number of ether oxygens (including phenoxy) is 3. The van der Waals surface area contributed by atoms with Gasteiger partial charge in [0.15, 0.2) is 17.6 Å². The molecule has 1 aliphatic rings. The third kappa shape index (κ3) is 4.37. The van der Waals surface area contributed by atoms with E-state index in [1.807, 2.05) is 18.2 Å². The first-order valence-electron chi connectivity index (χ1n) is 8.67. The number of morpholine rings is 1. The number of amides is 2. The normalized spacial score (nSPS) is 18.9. The van der Waals surface area contributed by atoms with E-state index < -0.39 is 12.1 Å². The number of halogens is 1. The fourth-order valence-electron chi connectivity index (χ4n) is 3.01. The Balaban J connectivity index is 1.79. The van der Waals surface area contributed by atoms with E-state index in [0.29, 0.717) is 22.1 Å². The molecule has 0 spiro atoms. The SMILES string of the molecule is COc1ccc([C@H]2NC(=O)CO[C@@H]2C(=O)NCc2ccccc2Cl)cc1OC. The van der Waals surface area contributed by atoms with Crippen LogP contribution in [0.3, 0.4) is 0 Å². The van der Waals surface area contributed by atoms with Crippen LogP contribution in [0.5, 0.6) is 11.5 Å². The van der Waals surface area contributed by atoms with Gasteiger partial charge in [-0.05, 0) is 29.3 Å². The van der Waals surface area contributed by atoms with Crippen LogP contribution >= 0.6 is 11.6 Å². The molecule has 148 valence electrons. The van der Waals surface area contributed by atoms with Gasteiger partial charge in [-0.3, -0.25) is 9.59 Å². The average molecular weight is 405 g/mol. The van der Waals surface area contributed by atoms with Crippen LogP contribution in [0.2, 0.25) is 5.02 Å². The van der Waals surface area contributed by atoms with Gasteiger partial charge in [0.2, 0.25) is 5.91 Å². The topological polar surface area (TPSA) is 85.9 Å². The Morgan fingerprint density at radius 2 is 1.96 bits per heavy atom. The molecular weight excluding hydrogens is 384 g/mol. The zero-order valence-corrected chi connectivity index (χ0v) is 16.3. The Kier molecular flexibility index (Phi) is 6.38. The highest BCUT2D eigenvalue weighted by Crippen LogP contribution is 2.32. The number of carbonyl (C=O) groups is 2. The summed E-state index contributed by atoms with van der Waals surface area (Å²) in [5.74, 6) is 0.402. The first kappa shape index (κ1) is 20.0. The summed E-state index contributed by atoms with van der Waals surface area (Å²) in [6, 6.07) is 11.8. The molecule has 0 saturated carbocycles. The van der Waals surface area contributed by atoms with Crippen molar-refractivity contribution in [2.75, 3.05) is 20.8 Å². The Hall–Kier alpha value is -2.77. The lowest BCUT2D eigenvalue weighted by Gasteiger charge is -2.32. The van der Waals surface area contributed by atoms with Gasteiger partial charge in [-0.15, -0.1) is 0 Å². The summed E-state index contributed by atoms with van der Waals surface area (Å²) in [7, 11) is 3.05. The molecule has 1 aliphatic heterocycles. The van der Waals surface area contributed by atoms with Crippen LogP contribution in [0.25, 0.3) is 0 Å². The van der Waals surface area contributed by atoms with Gasteiger partial charge in [0.25, 0.3) is 5.91 Å². The van der Waals surface area contributed by atoms with Crippen molar-refractivity contribution in [2.45, 2.75) is 18.7 Å². The Bertz CT molecular complexity index is 873. The van der Waals surface area contributed by atoms with E-state index in [0.717, 1.165) is 5.56 Å². The van der Waals surface area contributed by atoms with Gasteiger partial charge in [-0.2, -0.15) is 0 Å². The number of benzene rings is 2. The predicted molar refractivity (Wildman–Crippen MR) is 103 cm³/mol. The van der Waals surface area contributed by atoms with Gasteiger partial charge in [-0.25, -0.2) is 0 Å². The maximum Gasteiger partial charge on any atom is 0.251 e. The average Bonchev–Trinajstić information content (AvgIpc) is 2.72. The van der Waals surface area contributed by atoms with Crippen molar-refractivity contribution in [3.8, 4) is 11.5 Å². The van der Waals surface area contributed by atoms with Crippen LogP contribution in [0.15, 0.2) is 42.5 Å². The van der Waals surface area contributed by atoms with Crippen molar-refractivity contribution in [3.63, 3.8) is 0 Å². The van der Waals surface area contributed by atoms with Crippen molar-refractivity contribution in [1.29, 1.82) is 0 Å². The largest absolute Gasteiger partial charge is 0.493 e. The summed E-state index contributed by atoms with van der Waals surface area (Å²) < 4.78 is 16.1. The van der Waals surface area contributed by atoms with Crippen LogP contribution in [0, 0.1) is 0 Å². The van der Waals surface area contributed by atoms with Crippen molar-refractivity contribution in [3.05, 3.63) is 58.6 Å². The number of methoxy groups -OCH3 is 2. The maximum atomic E-state index is 12.8. The second-order valence-corrected chi connectivity index (χ2v) is 6.61. The van der Waals surface area contributed by atoms with Crippen LogP contribution < -0.4 is 20.1 Å². The summed E-state index contributed by atoms with van der Waals surface area (Å²) in [6.07, 6.45) is -0.890. The molecule has 0 aliphatic carbocycles. The van der Waals surface area contributed by atoms with Gasteiger partial charge in [0, 0.05) is 11.6 Å². The highest BCUT2D eigenvalue weighted by molar-refractivity contribution is 6.31. The highest BCUT2D eigenvalue weighted by atomic mass is 35.5. The molecule has 0 radical (unpaired) electrons. The highest BCUT2D eigenvalue weighted by Gasteiger charge is 2.36. The van der Waals surface area contributed by atoms with Crippen LogP contribution in [-0.2, 0) is 20.9 Å². The van der Waals surface area contributed by atoms with E-state index in [1.165, 1.54) is 14.2 Å². The van der Waals surface area contributed by atoms with E-state index in [4.69, 9.17) is 25.8 Å². The van der Waals surface area contributed by atoms with Gasteiger partial charge in [-0.1, -0.05) is 35.9 Å². The standard InChI is InChI=1S/C20H21ClN2O5/c1-26-15-8-7-12(9-16(15)27-2)18-19(28-11-17(24)23-18)20(25)22-10-13-5-3-4-6-14(13)21/h3-9,18-19H,10-11H2,1-2H3,(H,22,25)(H,23,24)/t18-,19+/m1/s1. The fourth-order valence-corrected chi connectivity index (χ4v) is 3.21. The van der Waals surface area contributed by atoms with Crippen LogP contribution in [0.4, 0.5) is 0 Å². The van der Waals surface area contributed by atoms with E-state index in [9.17, 15) is 9.59 Å². The second-order valence-electron chi connectivity index (χ2n) is 6.20. The minimum atomic E-state index is -0.890. The number of rotatable bonds is 6. The molecule has 1 fully saturated rings. The molecule has 0 unspecified atom stereocenters. The Morgan fingerprint density at radius 1 is 1.21 bits per heavy atom. The second kappa shape index (κ2) is 8.95. The lowest BCUT2D eigenvalue weighted by atomic mass is 9.98. The van der Waals surface area contributed by atoms with Crippen molar-refractivity contribution >= 4 is 23.4 Å². The number of nitrogens with one attached hydrogen (secondary N) is 2. The molecule has 8 heteroatoms. The van der Waals surface area contributed by atoms with Gasteiger partial charge in [0.1, 0.15) is 6.61 Å². The number of hydrogen-bond acceptors (Lipinski definition) is 5. The van der Waals surface area contributed by atoms with E-state index in [-0.39, 0.29) is 25.0 Å². The molecule has 1 heterocycles. The van der Waals surface area contributed by atoms with Gasteiger partial charge in [0.05, 0.1) is 20.3 Å². The predicted octanol–water partition coefficient (Wildman–Crippen LogP) is 2.23. The first-order chi connectivity index (χ1) is 13.5. The van der Waals surface area contributed by atoms with Crippen molar-refractivity contribution < 1.29 is 23.8 Å². The van der Waals surface area contributed by atoms with E-state index >= 15 is 0 Å². The van der Waals surface area contributed by atoms with Gasteiger partial charge < -0.3 is 24.8 Å². The zero-order valence-electron chi connectivity index (χ0n) is 15.5. The molecule has 2 atom stereocenters. The quantitative estimate of drug-likeness (QED) is 0.771. The molecule has 2 amide bonds. The molecule has 2 aromatic rings. The van der Waals surface area contributed by atoms with E-state index in [2.05, 4.69) is 10.6 Å². The summed E-state index contributed by atoms with van der Waals surface area (Å²) in [4.78, 5) is 24.6. The molecule has 0 aromatic heterocycles. The molecule has 28 heavy (non-hydrogen) atoms. The molecule has 2 N–H and O–H groups in total. The van der Waals surface area contributed by atoms with Crippen LogP contribution in [-0.4, -0.2) is 38.7 Å². The zero-order chi connectivity index (χ0) is 20.1. The lowest BCUT2D eigenvalue weighted by molar-refractivity contribution is -0.148. The minimum Gasteiger partial charge on any atom is -0.493 e. The smallest absolute Gasteiger partial charge is 0.251 e. The summed E-state index contributed by atoms with van der Waals surface area (Å²) in [5, 5.41) is 6.20. The fraction of sp³-hybridized carbons (Fsp3) is 0.300. The summed E-state index contributed by atoms with van der Waals surface area (Å²) in [5.41, 5.74) is 1.46. The number of hydrogen-bond donors (Lipinski definition) is 2.